The SMILES string of the molecule is CN1CCCC1CCNC(=O)c1ccc(-c2cc(NC3CC3)n3ncc(/C=C4\CC(=O)NC4=O)c3n2)s1. The van der Waals surface area contributed by atoms with Gasteiger partial charge >= 0.3 is 0 Å². The molecule has 0 aromatic carbocycles. The number of hydrogen-bond acceptors (Lipinski definition) is 8. The predicted molar refractivity (Wildman–Crippen MR) is 141 cm³/mol. The maximum absolute atomic E-state index is 12.8. The Hall–Kier alpha value is -3.57. The van der Waals surface area contributed by atoms with E-state index in [1.165, 1.54) is 24.2 Å². The summed E-state index contributed by atoms with van der Waals surface area (Å²) in [5, 5.41) is 13.4. The van der Waals surface area contributed by atoms with E-state index in [1.807, 2.05) is 18.2 Å². The molecule has 1 unspecified atom stereocenters. The minimum absolute atomic E-state index is 0.0451. The zero-order valence-corrected chi connectivity index (χ0v) is 21.4. The van der Waals surface area contributed by atoms with Crippen molar-refractivity contribution < 1.29 is 14.4 Å². The summed E-state index contributed by atoms with van der Waals surface area (Å²) in [6.45, 7) is 1.79. The molecule has 1 aliphatic carbocycles. The monoisotopic (exact) mass is 519 g/mol. The lowest BCUT2D eigenvalue weighted by Crippen LogP contribution is -2.31. The number of imide groups is 1. The Bertz CT molecular complexity index is 1420. The summed E-state index contributed by atoms with van der Waals surface area (Å²) in [6.07, 6.45) is 8.94. The molecular weight excluding hydrogens is 490 g/mol. The molecule has 0 radical (unpaired) electrons. The second-order valence-electron chi connectivity index (χ2n) is 9.99. The highest BCUT2D eigenvalue weighted by Gasteiger charge is 2.26. The molecule has 3 amide bonds. The summed E-state index contributed by atoms with van der Waals surface area (Å²) in [4.78, 5) is 45.3. The number of carbonyl (C=O) groups excluding carboxylic acids is 3. The summed E-state index contributed by atoms with van der Waals surface area (Å²) in [6, 6.07) is 6.64. The van der Waals surface area contributed by atoms with Crippen LogP contribution in [0.1, 0.15) is 53.8 Å². The van der Waals surface area contributed by atoms with Crippen LogP contribution in [0.4, 0.5) is 5.82 Å². The van der Waals surface area contributed by atoms with Crippen LogP contribution >= 0.6 is 11.3 Å². The molecule has 192 valence electrons. The fourth-order valence-corrected chi connectivity index (χ4v) is 5.82. The van der Waals surface area contributed by atoms with E-state index in [9.17, 15) is 14.4 Å². The van der Waals surface area contributed by atoms with Crippen molar-refractivity contribution in [2.24, 2.45) is 0 Å². The molecule has 3 aliphatic rings. The minimum atomic E-state index is -0.384. The highest BCUT2D eigenvalue weighted by molar-refractivity contribution is 7.17. The first-order valence-corrected chi connectivity index (χ1v) is 13.5. The van der Waals surface area contributed by atoms with Gasteiger partial charge < -0.3 is 15.5 Å². The minimum Gasteiger partial charge on any atom is -0.367 e. The summed E-state index contributed by atoms with van der Waals surface area (Å²) in [7, 11) is 2.14. The Morgan fingerprint density at radius 2 is 2.14 bits per heavy atom. The number of likely N-dealkylation sites (tertiary alicyclic amines) is 1. The van der Waals surface area contributed by atoms with Gasteiger partial charge in [0.25, 0.3) is 11.8 Å². The van der Waals surface area contributed by atoms with E-state index < -0.39 is 0 Å². The number of nitrogens with zero attached hydrogens (tertiary/aromatic N) is 4. The van der Waals surface area contributed by atoms with E-state index in [0.29, 0.717) is 40.3 Å². The van der Waals surface area contributed by atoms with Crippen molar-refractivity contribution >= 4 is 46.6 Å². The highest BCUT2D eigenvalue weighted by Crippen LogP contribution is 2.32. The maximum Gasteiger partial charge on any atom is 0.261 e. The number of fused-ring (bicyclic) bond motifs is 1. The quantitative estimate of drug-likeness (QED) is 0.309. The van der Waals surface area contributed by atoms with Gasteiger partial charge in [-0.05, 0) is 63.9 Å². The Kier molecular flexibility index (Phi) is 6.25. The van der Waals surface area contributed by atoms with Crippen LogP contribution in [0.2, 0.25) is 0 Å². The number of nitrogens with one attached hydrogen (secondary N) is 3. The summed E-state index contributed by atoms with van der Waals surface area (Å²) < 4.78 is 1.73. The summed E-state index contributed by atoms with van der Waals surface area (Å²) in [5.74, 6) is 0.0441. The lowest BCUT2D eigenvalue weighted by atomic mass is 10.1. The molecule has 11 heteroatoms. The number of anilines is 1. The molecule has 0 spiro atoms. The Morgan fingerprint density at radius 3 is 2.86 bits per heavy atom. The van der Waals surface area contributed by atoms with E-state index >= 15 is 0 Å². The van der Waals surface area contributed by atoms with Crippen LogP contribution in [0.25, 0.3) is 22.3 Å². The highest BCUT2D eigenvalue weighted by atomic mass is 32.1. The molecular formula is C26H29N7O3S. The fraction of sp³-hybridized carbons (Fsp3) is 0.423. The molecule has 3 N–H and O–H groups in total. The number of carbonyl (C=O) groups is 3. The first-order chi connectivity index (χ1) is 17.9. The van der Waals surface area contributed by atoms with Gasteiger partial charge in [0.05, 0.1) is 28.1 Å². The first-order valence-electron chi connectivity index (χ1n) is 12.7. The van der Waals surface area contributed by atoms with E-state index in [4.69, 9.17) is 4.98 Å². The molecule has 3 aromatic heterocycles. The topological polar surface area (TPSA) is 121 Å². The van der Waals surface area contributed by atoms with Gasteiger partial charge in [0.1, 0.15) is 5.82 Å². The van der Waals surface area contributed by atoms with Gasteiger partial charge in [0.2, 0.25) is 5.91 Å². The smallest absolute Gasteiger partial charge is 0.261 e. The summed E-state index contributed by atoms with van der Waals surface area (Å²) >= 11 is 1.40. The molecule has 0 bridgehead atoms. The zero-order chi connectivity index (χ0) is 25.5. The molecule has 2 aliphatic heterocycles. The van der Waals surface area contributed by atoms with Crippen LogP contribution in [0, 0.1) is 0 Å². The van der Waals surface area contributed by atoms with Gasteiger partial charge in [-0.2, -0.15) is 9.61 Å². The van der Waals surface area contributed by atoms with E-state index in [0.717, 1.165) is 42.2 Å². The lowest BCUT2D eigenvalue weighted by Gasteiger charge is -2.19. The maximum atomic E-state index is 12.8. The van der Waals surface area contributed by atoms with E-state index in [1.54, 1.807) is 16.8 Å². The van der Waals surface area contributed by atoms with Crippen LogP contribution in [0.3, 0.4) is 0 Å². The van der Waals surface area contributed by atoms with Crippen molar-refractivity contribution in [2.45, 2.75) is 50.6 Å². The van der Waals surface area contributed by atoms with E-state index in [-0.39, 0.29) is 24.1 Å². The van der Waals surface area contributed by atoms with Gasteiger partial charge in [0.15, 0.2) is 5.65 Å². The van der Waals surface area contributed by atoms with Crippen molar-refractivity contribution in [3.63, 3.8) is 0 Å². The standard InChI is InChI=1S/C26H29N7O3S/c1-32-10-2-3-18(32)8-9-27-26(36)21-7-6-20(37-21)19-13-22(29-17-4-5-17)33-24(30-19)16(14-28-33)11-15-12-23(34)31-25(15)35/h6-7,11,13-14,17-18,29H,2-5,8-10,12H2,1H3,(H,27,36)(H,31,34,35)/b15-11+. The van der Waals surface area contributed by atoms with Crippen LogP contribution < -0.4 is 16.0 Å². The fourth-order valence-electron chi connectivity index (χ4n) is 4.94. The van der Waals surface area contributed by atoms with Crippen LogP contribution in [-0.4, -0.2) is 69.4 Å². The molecule has 1 saturated carbocycles. The summed E-state index contributed by atoms with van der Waals surface area (Å²) in [5.41, 5.74) is 2.36. The van der Waals surface area contributed by atoms with Gasteiger partial charge in [-0.1, -0.05) is 0 Å². The zero-order valence-electron chi connectivity index (χ0n) is 20.6. The second kappa shape index (κ2) is 9.71. The number of aromatic nitrogens is 3. The van der Waals surface area contributed by atoms with Crippen LogP contribution in [-0.2, 0) is 9.59 Å². The molecule has 5 heterocycles. The Labute approximate surface area is 218 Å². The molecule has 1 atom stereocenters. The molecule has 37 heavy (non-hydrogen) atoms. The lowest BCUT2D eigenvalue weighted by molar-refractivity contribution is -0.124. The van der Waals surface area contributed by atoms with E-state index in [2.05, 4.69) is 33.0 Å². The predicted octanol–water partition coefficient (Wildman–Crippen LogP) is 2.68. The Morgan fingerprint density at radius 1 is 1.27 bits per heavy atom. The molecule has 3 aromatic rings. The molecule has 6 rings (SSSR count). The van der Waals surface area contributed by atoms with Crippen molar-refractivity contribution in [2.75, 3.05) is 25.5 Å². The normalized spacial score (nSPS) is 21.2. The number of amides is 3. The third-order valence-corrected chi connectivity index (χ3v) is 8.28. The molecule has 10 nitrogen and oxygen atoms in total. The van der Waals surface area contributed by atoms with Crippen molar-refractivity contribution in [1.82, 2.24) is 30.1 Å². The third kappa shape index (κ3) is 5.01. The van der Waals surface area contributed by atoms with Gasteiger partial charge in [-0.15, -0.1) is 11.3 Å². The van der Waals surface area contributed by atoms with Crippen LogP contribution in [0.15, 0.2) is 30.0 Å². The number of rotatable bonds is 8. The largest absolute Gasteiger partial charge is 0.367 e. The van der Waals surface area contributed by atoms with Crippen molar-refractivity contribution in [3.8, 4) is 10.6 Å². The van der Waals surface area contributed by atoms with Crippen LogP contribution in [0.5, 0.6) is 0 Å². The van der Waals surface area contributed by atoms with Crippen molar-refractivity contribution in [3.05, 3.63) is 40.4 Å². The first kappa shape index (κ1) is 23.8. The molecule has 3 fully saturated rings. The van der Waals surface area contributed by atoms with Crippen molar-refractivity contribution in [1.29, 1.82) is 0 Å². The third-order valence-electron chi connectivity index (χ3n) is 7.17. The average molecular weight is 520 g/mol. The number of hydrogen-bond donors (Lipinski definition) is 3. The number of thiophene rings is 1. The second-order valence-corrected chi connectivity index (χ2v) is 11.1. The molecule has 2 saturated heterocycles. The average Bonchev–Trinajstić information content (AvgIpc) is 3.22. The van der Waals surface area contributed by atoms with Gasteiger partial charge in [-0.25, -0.2) is 4.98 Å². The Balaban J connectivity index is 1.25. The van der Waals surface area contributed by atoms with Gasteiger partial charge in [-0.3, -0.25) is 19.7 Å². The van der Waals surface area contributed by atoms with Gasteiger partial charge in [0, 0.05) is 35.8 Å².